The molecule has 1 amide bonds. The number of thioether (sulfide) groups is 1. The third-order valence-corrected chi connectivity index (χ3v) is 8.38. The second-order valence-corrected chi connectivity index (χ2v) is 11.7. The van der Waals surface area contributed by atoms with Crippen LogP contribution in [0.4, 0.5) is 5.69 Å². The Labute approximate surface area is 187 Å². The quantitative estimate of drug-likeness (QED) is 0.649. The lowest BCUT2D eigenvalue weighted by atomic mass is 10.1. The van der Waals surface area contributed by atoms with Crippen molar-refractivity contribution in [2.75, 3.05) is 25.5 Å². The zero-order valence-electron chi connectivity index (χ0n) is 17.0. The lowest BCUT2D eigenvalue weighted by Gasteiger charge is -2.21. The maximum absolute atomic E-state index is 12.9. The highest BCUT2D eigenvalue weighted by Gasteiger charge is 2.35. The van der Waals surface area contributed by atoms with Crippen LogP contribution in [-0.4, -0.2) is 50.6 Å². The Kier molecular flexibility index (Phi) is 6.33. The number of halogens is 1. The molecule has 0 saturated carbocycles. The van der Waals surface area contributed by atoms with E-state index in [0.717, 1.165) is 28.8 Å². The number of allylic oxidation sites excluding steroid dienone is 2. The van der Waals surface area contributed by atoms with E-state index in [9.17, 15) is 13.2 Å². The van der Waals surface area contributed by atoms with Gasteiger partial charge in [-0.15, -0.1) is 23.4 Å². The number of nitrogens with zero attached hydrogens (tertiary/aromatic N) is 2. The summed E-state index contributed by atoms with van der Waals surface area (Å²) >= 11 is 7.43. The zero-order chi connectivity index (χ0) is 21.5. The van der Waals surface area contributed by atoms with Crippen molar-refractivity contribution in [1.82, 2.24) is 9.62 Å². The molecule has 3 unspecified atom stereocenters. The van der Waals surface area contributed by atoms with Gasteiger partial charge in [0.2, 0.25) is 15.9 Å². The van der Waals surface area contributed by atoms with Crippen LogP contribution < -0.4 is 9.62 Å². The third kappa shape index (κ3) is 4.62. The molecular weight excluding hydrogens is 442 g/mol. The molecule has 2 aliphatic heterocycles. The number of benzene rings is 1. The van der Waals surface area contributed by atoms with E-state index in [1.807, 2.05) is 12.1 Å². The average molecular weight is 468 g/mol. The van der Waals surface area contributed by atoms with Crippen LogP contribution in [0.5, 0.6) is 0 Å². The van der Waals surface area contributed by atoms with Gasteiger partial charge in [0.05, 0.1) is 4.71 Å². The fraction of sp³-hybridized carbons (Fsp3) is 0.476. The summed E-state index contributed by atoms with van der Waals surface area (Å²) in [6, 6.07) is 5.83. The fourth-order valence-electron chi connectivity index (χ4n) is 4.29. The molecule has 0 spiro atoms. The lowest BCUT2D eigenvalue weighted by Crippen LogP contribution is -2.40. The Morgan fingerprint density at radius 3 is 2.80 bits per heavy atom. The minimum atomic E-state index is -3.72. The predicted octanol–water partition coefficient (Wildman–Crippen LogP) is 3.36. The van der Waals surface area contributed by atoms with Crippen molar-refractivity contribution < 1.29 is 13.2 Å². The predicted molar refractivity (Wildman–Crippen MR) is 123 cm³/mol. The molecule has 3 aliphatic rings. The first-order valence-electron chi connectivity index (χ1n) is 10.1. The van der Waals surface area contributed by atoms with Gasteiger partial charge in [-0.3, -0.25) is 4.79 Å². The molecule has 0 aromatic heterocycles. The smallest absolute Gasteiger partial charge is 0.245 e. The van der Waals surface area contributed by atoms with Crippen molar-refractivity contribution in [2.45, 2.75) is 42.5 Å². The maximum atomic E-state index is 12.9. The molecule has 1 aliphatic carbocycles. The average Bonchev–Trinajstić information content (AvgIpc) is 3.39. The fourth-order valence-corrected chi connectivity index (χ4v) is 6.62. The van der Waals surface area contributed by atoms with Gasteiger partial charge < -0.3 is 9.80 Å². The van der Waals surface area contributed by atoms with E-state index in [0.29, 0.717) is 25.4 Å². The molecule has 30 heavy (non-hydrogen) atoms. The van der Waals surface area contributed by atoms with Crippen LogP contribution in [0.3, 0.4) is 0 Å². The topological polar surface area (TPSA) is 69.7 Å². The molecule has 3 atom stereocenters. The molecule has 6 nitrogen and oxygen atoms in total. The highest BCUT2D eigenvalue weighted by atomic mass is 35.5. The highest BCUT2D eigenvalue weighted by Crippen LogP contribution is 2.37. The minimum Gasteiger partial charge on any atom is -0.311 e. The van der Waals surface area contributed by atoms with Crippen LogP contribution in [0.1, 0.15) is 36.4 Å². The largest absolute Gasteiger partial charge is 0.311 e. The van der Waals surface area contributed by atoms with Crippen LogP contribution in [0.15, 0.2) is 40.7 Å². The highest BCUT2D eigenvalue weighted by molar-refractivity contribution is 8.05. The van der Waals surface area contributed by atoms with Gasteiger partial charge in [-0.25, -0.2) is 8.42 Å². The molecule has 0 radical (unpaired) electrons. The molecule has 162 valence electrons. The number of amides is 1. The number of sulfonamides is 1. The van der Waals surface area contributed by atoms with Crippen molar-refractivity contribution in [3.05, 3.63) is 51.8 Å². The van der Waals surface area contributed by atoms with Crippen LogP contribution in [0.2, 0.25) is 0 Å². The van der Waals surface area contributed by atoms with E-state index < -0.39 is 16.1 Å². The number of aryl methyl sites for hydroxylation is 1. The molecular formula is C21H26ClN3O3S2. The maximum Gasteiger partial charge on any atom is 0.245 e. The zero-order valence-corrected chi connectivity index (χ0v) is 19.4. The number of hydrogen-bond donors (Lipinski definition) is 1. The Morgan fingerprint density at radius 2 is 2.10 bits per heavy atom. The van der Waals surface area contributed by atoms with Crippen LogP contribution >= 0.6 is 23.4 Å². The number of carbonyl (C=O) groups excluding carboxylic acids is 1. The summed E-state index contributed by atoms with van der Waals surface area (Å²) < 4.78 is 27.3. The Morgan fingerprint density at radius 1 is 1.30 bits per heavy atom. The monoisotopic (exact) mass is 467 g/mol. The van der Waals surface area contributed by atoms with E-state index >= 15 is 0 Å². The van der Waals surface area contributed by atoms with Gasteiger partial charge in [0.1, 0.15) is 6.04 Å². The number of fused-ring (bicyclic) bond motifs is 1. The number of alkyl halides is 1. The first-order chi connectivity index (χ1) is 14.2. The SMILES string of the molecule is CN(C)C1CCc2cc(N3CCC(NS(=O)(=O)/C=C/C4=CCC(Cl)S4)C3=O)ccc21. The molecule has 9 heteroatoms. The lowest BCUT2D eigenvalue weighted by molar-refractivity contribution is -0.118. The Hall–Kier alpha value is -1.32. The van der Waals surface area contributed by atoms with Crippen LogP contribution in [0.25, 0.3) is 0 Å². The van der Waals surface area contributed by atoms with Gasteiger partial charge in [0, 0.05) is 28.6 Å². The van der Waals surface area contributed by atoms with Crippen molar-refractivity contribution >= 4 is 45.0 Å². The van der Waals surface area contributed by atoms with E-state index in [-0.39, 0.29) is 10.6 Å². The number of anilines is 1. The summed E-state index contributed by atoms with van der Waals surface area (Å²) in [4.78, 5) is 17.6. The third-order valence-electron chi connectivity index (χ3n) is 5.80. The Bertz CT molecular complexity index is 1010. The molecule has 2 heterocycles. The number of hydrogen-bond acceptors (Lipinski definition) is 5. The molecule has 1 aromatic rings. The molecule has 0 bridgehead atoms. The van der Waals surface area contributed by atoms with Crippen molar-refractivity contribution in [3.63, 3.8) is 0 Å². The van der Waals surface area contributed by atoms with Gasteiger partial charge in [-0.05, 0) is 69.1 Å². The van der Waals surface area contributed by atoms with Crippen LogP contribution in [-0.2, 0) is 21.2 Å². The first kappa shape index (κ1) is 21.9. The second kappa shape index (κ2) is 8.67. The summed E-state index contributed by atoms with van der Waals surface area (Å²) in [7, 11) is 0.449. The molecule has 1 fully saturated rings. The van der Waals surface area contributed by atoms with Gasteiger partial charge >= 0.3 is 0 Å². The van der Waals surface area contributed by atoms with Gasteiger partial charge in [-0.1, -0.05) is 12.1 Å². The number of rotatable bonds is 6. The summed E-state index contributed by atoms with van der Waals surface area (Å²) in [5.41, 5.74) is 3.43. The van der Waals surface area contributed by atoms with E-state index in [4.69, 9.17) is 11.6 Å². The van der Waals surface area contributed by atoms with Crippen LogP contribution in [0, 0.1) is 0 Å². The molecule has 1 saturated heterocycles. The first-order valence-corrected chi connectivity index (χ1v) is 12.9. The van der Waals surface area contributed by atoms with E-state index in [1.54, 1.807) is 4.90 Å². The van der Waals surface area contributed by atoms with E-state index in [2.05, 4.69) is 35.9 Å². The van der Waals surface area contributed by atoms with E-state index in [1.165, 1.54) is 29.0 Å². The number of nitrogens with one attached hydrogen (secondary N) is 1. The summed E-state index contributed by atoms with van der Waals surface area (Å²) in [5.74, 6) is -0.204. The molecule has 1 N–H and O–H groups in total. The van der Waals surface area contributed by atoms with Crippen molar-refractivity contribution in [1.29, 1.82) is 0 Å². The normalized spacial score (nSPS) is 26.8. The summed E-state index contributed by atoms with van der Waals surface area (Å²) in [6.07, 6.45) is 6.68. The summed E-state index contributed by atoms with van der Waals surface area (Å²) in [5, 5.41) is 1.12. The number of carbonyl (C=O) groups is 1. The molecule has 1 aromatic carbocycles. The van der Waals surface area contributed by atoms with Gasteiger partial charge in [-0.2, -0.15) is 4.72 Å². The van der Waals surface area contributed by atoms with Gasteiger partial charge in [0.25, 0.3) is 0 Å². The van der Waals surface area contributed by atoms with Crippen molar-refractivity contribution in [2.24, 2.45) is 0 Å². The standard InChI is InChI=1S/C21H26ClN3O3S2/c1-24(2)19-7-3-14-13-15(4-6-17(14)19)25-11-9-18(21(25)26)23-30(27,28)12-10-16-5-8-20(22)29-16/h4-6,10,12-13,18-20,23H,3,7-9,11H2,1-2H3/b12-10+. The second-order valence-electron chi connectivity index (χ2n) is 8.07. The molecule has 4 rings (SSSR count). The minimum absolute atomic E-state index is 0.0504. The Balaban J connectivity index is 1.42. The van der Waals surface area contributed by atoms with Crippen molar-refractivity contribution in [3.8, 4) is 0 Å². The summed E-state index contributed by atoms with van der Waals surface area (Å²) in [6.45, 7) is 0.501. The van der Waals surface area contributed by atoms with Gasteiger partial charge in [0.15, 0.2) is 0 Å².